The third-order valence-electron chi connectivity index (χ3n) is 3.53. The molecule has 1 atom stereocenters. The van der Waals surface area contributed by atoms with E-state index >= 15 is 0 Å². The monoisotopic (exact) mass is 308 g/mol. The molecule has 0 unspecified atom stereocenters. The van der Waals surface area contributed by atoms with Crippen molar-refractivity contribution in [2.45, 2.75) is 49.6 Å². The summed E-state index contributed by atoms with van der Waals surface area (Å²) in [5.74, 6) is 0.769. The topological polar surface area (TPSA) is 34.0 Å². The van der Waals surface area contributed by atoms with Gasteiger partial charge >= 0.3 is 6.18 Å². The summed E-state index contributed by atoms with van der Waals surface area (Å²) in [5.41, 5.74) is 0. The molecule has 1 saturated heterocycles. The van der Waals surface area contributed by atoms with Crippen molar-refractivity contribution in [3.63, 3.8) is 0 Å². The summed E-state index contributed by atoms with van der Waals surface area (Å²) < 4.78 is 38.2. The highest BCUT2D eigenvalue weighted by molar-refractivity contribution is 7.99. The van der Waals surface area contributed by atoms with Crippen molar-refractivity contribution in [3.05, 3.63) is 6.33 Å². The summed E-state index contributed by atoms with van der Waals surface area (Å²) in [7, 11) is 2.11. The highest BCUT2D eigenvalue weighted by Gasteiger charge is 2.29. The number of halogens is 3. The maximum absolute atomic E-state index is 12.4. The van der Waals surface area contributed by atoms with Crippen molar-refractivity contribution in [2.24, 2.45) is 0 Å². The van der Waals surface area contributed by atoms with Crippen LogP contribution in [0.5, 0.6) is 0 Å². The summed E-state index contributed by atoms with van der Waals surface area (Å²) in [6.07, 6.45) is 1.53. The number of aromatic nitrogens is 3. The van der Waals surface area contributed by atoms with E-state index in [9.17, 15) is 13.2 Å². The number of piperidine rings is 1. The molecule has 0 N–H and O–H groups in total. The molecule has 0 bridgehead atoms. The second-order valence-corrected chi connectivity index (χ2v) is 6.19. The first-order valence-corrected chi connectivity index (χ1v) is 7.72. The van der Waals surface area contributed by atoms with Crippen molar-refractivity contribution in [2.75, 3.05) is 19.3 Å². The van der Waals surface area contributed by atoms with Crippen molar-refractivity contribution in [1.29, 1.82) is 0 Å². The quantitative estimate of drug-likeness (QED) is 0.783. The molecule has 2 heterocycles. The number of rotatable bonds is 5. The number of hydrogen-bond acceptors (Lipinski definition) is 4. The summed E-state index contributed by atoms with van der Waals surface area (Å²) in [6.45, 7) is 0.0885. The summed E-state index contributed by atoms with van der Waals surface area (Å²) in [5, 5.41) is 7.68. The Balaban J connectivity index is 1.81. The van der Waals surface area contributed by atoms with E-state index in [1.807, 2.05) is 0 Å². The number of hydrogen-bond donors (Lipinski definition) is 0. The van der Waals surface area contributed by atoms with Gasteiger partial charge in [-0.1, -0.05) is 18.2 Å². The highest BCUT2D eigenvalue weighted by Crippen LogP contribution is 2.25. The third kappa shape index (κ3) is 4.66. The molecule has 1 fully saturated rings. The first-order valence-electron chi connectivity index (χ1n) is 6.73. The Hall–Kier alpha value is -0.760. The van der Waals surface area contributed by atoms with Crippen LogP contribution in [-0.4, -0.2) is 51.2 Å². The molecule has 1 aromatic rings. The molecule has 114 valence electrons. The van der Waals surface area contributed by atoms with Crippen LogP contribution in [0.3, 0.4) is 0 Å². The minimum absolute atomic E-state index is 0.348. The second kappa shape index (κ2) is 6.80. The zero-order valence-corrected chi connectivity index (χ0v) is 12.3. The van der Waals surface area contributed by atoms with Crippen LogP contribution in [0.2, 0.25) is 0 Å². The minimum atomic E-state index is -4.23. The fourth-order valence-corrected chi connectivity index (χ4v) is 3.41. The molecule has 1 aliphatic heterocycles. The maximum atomic E-state index is 12.4. The summed E-state index contributed by atoms with van der Waals surface area (Å²) in [6, 6.07) is 0.537. The summed E-state index contributed by atoms with van der Waals surface area (Å²) >= 11 is 1.35. The standard InChI is InChI=1S/C12H19F3N4S/c1-18-6-3-2-4-10(18)5-7-20-11-17-16-9-19(11)8-12(13,14)15/h9-10H,2-8H2,1H3/t10-/m1/s1. The normalized spacial score (nSPS) is 21.3. The van der Waals surface area contributed by atoms with Crippen molar-refractivity contribution >= 4 is 11.8 Å². The SMILES string of the molecule is CN1CCCC[C@@H]1CCSc1nncn1CC(F)(F)F. The average molecular weight is 308 g/mol. The van der Waals surface area contributed by atoms with E-state index in [2.05, 4.69) is 22.1 Å². The van der Waals surface area contributed by atoms with Gasteiger partial charge < -0.3 is 4.90 Å². The lowest BCUT2D eigenvalue weighted by Crippen LogP contribution is -2.36. The first kappa shape index (κ1) is 15.6. The van der Waals surface area contributed by atoms with Crippen LogP contribution >= 0.6 is 11.8 Å². The molecular formula is C12H19F3N4S. The van der Waals surface area contributed by atoms with E-state index in [0.29, 0.717) is 11.2 Å². The second-order valence-electron chi connectivity index (χ2n) is 5.12. The van der Waals surface area contributed by atoms with Gasteiger partial charge in [0, 0.05) is 11.8 Å². The Kier molecular flexibility index (Phi) is 5.31. The van der Waals surface area contributed by atoms with Gasteiger partial charge in [0.15, 0.2) is 5.16 Å². The molecule has 20 heavy (non-hydrogen) atoms. The van der Waals surface area contributed by atoms with Crippen LogP contribution in [0, 0.1) is 0 Å². The number of thioether (sulfide) groups is 1. The van der Waals surface area contributed by atoms with E-state index in [1.54, 1.807) is 0 Å². The zero-order chi connectivity index (χ0) is 14.6. The number of nitrogens with zero attached hydrogens (tertiary/aromatic N) is 4. The van der Waals surface area contributed by atoms with Crippen molar-refractivity contribution in [1.82, 2.24) is 19.7 Å². The van der Waals surface area contributed by atoms with Gasteiger partial charge in [0.05, 0.1) is 0 Å². The van der Waals surface area contributed by atoms with E-state index in [-0.39, 0.29) is 0 Å². The van der Waals surface area contributed by atoms with Gasteiger partial charge in [0.25, 0.3) is 0 Å². The van der Waals surface area contributed by atoms with Gasteiger partial charge in [-0.15, -0.1) is 10.2 Å². The largest absolute Gasteiger partial charge is 0.406 e. The van der Waals surface area contributed by atoms with Crippen LogP contribution < -0.4 is 0 Å². The molecule has 2 rings (SSSR count). The molecule has 0 amide bonds. The Morgan fingerprint density at radius 1 is 1.40 bits per heavy atom. The van der Waals surface area contributed by atoms with Gasteiger partial charge in [-0.25, -0.2) is 0 Å². The first-order chi connectivity index (χ1) is 9.46. The van der Waals surface area contributed by atoms with Crippen LogP contribution in [0.1, 0.15) is 25.7 Å². The lowest BCUT2D eigenvalue weighted by molar-refractivity contribution is -0.142. The molecule has 0 aliphatic carbocycles. The van der Waals surface area contributed by atoms with E-state index in [4.69, 9.17) is 0 Å². The number of likely N-dealkylation sites (tertiary alicyclic amines) is 1. The predicted molar refractivity (Wildman–Crippen MR) is 71.7 cm³/mol. The van der Waals surface area contributed by atoms with E-state index in [1.165, 1.54) is 31.0 Å². The van der Waals surface area contributed by atoms with Gasteiger partial charge in [-0.3, -0.25) is 4.57 Å². The van der Waals surface area contributed by atoms with Crippen molar-refractivity contribution in [3.8, 4) is 0 Å². The lowest BCUT2D eigenvalue weighted by Gasteiger charge is -2.32. The molecule has 0 radical (unpaired) electrons. The summed E-state index contributed by atoms with van der Waals surface area (Å²) in [4.78, 5) is 2.34. The number of alkyl halides is 3. The van der Waals surface area contributed by atoms with E-state index in [0.717, 1.165) is 29.6 Å². The highest BCUT2D eigenvalue weighted by atomic mass is 32.2. The molecular weight excluding hydrogens is 289 g/mol. The molecule has 0 aromatic carbocycles. The van der Waals surface area contributed by atoms with Gasteiger partial charge in [0.2, 0.25) is 0 Å². The molecule has 1 aliphatic rings. The minimum Gasteiger partial charge on any atom is -0.303 e. The molecule has 8 heteroatoms. The Labute approximate surface area is 120 Å². The van der Waals surface area contributed by atoms with Crippen LogP contribution in [-0.2, 0) is 6.54 Å². The van der Waals surface area contributed by atoms with Crippen LogP contribution in [0.25, 0.3) is 0 Å². The Bertz CT molecular complexity index is 421. The fraction of sp³-hybridized carbons (Fsp3) is 0.833. The predicted octanol–water partition coefficient (Wildman–Crippen LogP) is 2.81. The Morgan fingerprint density at radius 3 is 2.90 bits per heavy atom. The third-order valence-corrected chi connectivity index (χ3v) is 4.55. The van der Waals surface area contributed by atoms with Crippen LogP contribution in [0.4, 0.5) is 13.2 Å². The zero-order valence-electron chi connectivity index (χ0n) is 11.4. The van der Waals surface area contributed by atoms with Crippen molar-refractivity contribution < 1.29 is 13.2 Å². The maximum Gasteiger partial charge on any atom is 0.406 e. The van der Waals surface area contributed by atoms with Gasteiger partial charge in [-0.2, -0.15) is 13.2 Å². The molecule has 0 saturated carbocycles. The van der Waals surface area contributed by atoms with E-state index < -0.39 is 12.7 Å². The van der Waals surface area contributed by atoms with Gasteiger partial charge in [0.1, 0.15) is 12.9 Å². The molecule has 4 nitrogen and oxygen atoms in total. The average Bonchev–Trinajstić information content (AvgIpc) is 2.77. The lowest BCUT2D eigenvalue weighted by atomic mass is 10.0. The van der Waals surface area contributed by atoms with Gasteiger partial charge in [-0.05, 0) is 32.9 Å². The molecule has 1 aromatic heterocycles. The molecule has 0 spiro atoms. The Morgan fingerprint density at radius 2 is 2.20 bits per heavy atom. The van der Waals surface area contributed by atoms with Crippen LogP contribution in [0.15, 0.2) is 11.5 Å². The smallest absolute Gasteiger partial charge is 0.303 e. The fourth-order valence-electron chi connectivity index (χ4n) is 2.45.